The van der Waals surface area contributed by atoms with E-state index >= 15 is 0 Å². The number of rotatable bonds is 2. The van der Waals surface area contributed by atoms with Gasteiger partial charge in [0.15, 0.2) is 16.9 Å². The van der Waals surface area contributed by atoms with Crippen molar-refractivity contribution >= 4 is 29.1 Å². The lowest BCUT2D eigenvalue weighted by atomic mass is 9.80. The summed E-state index contributed by atoms with van der Waals surface area (Å²) in [5.41, 5.74) is 2.68. The molecule has 0 aliphatic carbocycles. The van der Waals surface area contributed by atoms with Gasteiger partial charge in [0, 0.05) is 28.1 Å². The first-order valence-corrected chi connectivity index (χ1v) is 10.0. The summed E-state index contributed by atoms with van der Waals surface area (Å²) >= 11 is 0. The van der Waals surface area contributed by atoms with Gasteiger partial charge in [-0.1, -0.05) is 18.2 Å². The first-order valence-electron chi connectivity index (χ1n) is 10.0. The molecule has 0 radical (unpaired) electrons. The number of hydrogen-bond acceptors (Lipinski definition) is 5. The van der Waals surface area contributed by atoms with Crippen LogP contribution in [-0.4, -0.2) is 37.9 Å². The zero-order valence-electron chi connectivity index (χ0n) is 17.7. The molecule has 0 saturated carbocycles. The van der Waals surface area contributed by atoms with Gasteiger partial charge in [-0.05, 0) is 52.8 Å². The summed E-state index contributed by atoms with van der Waals surface area (Å²) in [6.07, 6.45) is 1.86. The normalized spacial score (nSPS) is 17.8. The largest absolute Gasteiger partial charge is 0.496 e. The Labute approximate surface area is 174 Å². The number of aromatic amines is 1. The lowest BCUT2D eigenvalue weighted by Gasteiger charge is -2.32. The van der Waals surface area contributed by atoms with Gasteiger partial charge in [0.05, 0.1) is 16.9 Å². The van der Waals surface area contributed by atoms with E-state index in [-0.39, 0.29) is 5.43 Å². The molecule has 1 aliphatic rings. The summed E-state index contributed by atoms with van der Waals surface area (Å²) in [5, 5.41) is 5.28. The maximum atomic E-state index is 12.8. The maximum absolute atomic E-state index is 12.8. The van der Waals surface area contributed by atoms with E-state index in [1.54, 1.807) is 11.4 Å². The van der Waals surface area contributed by atoms with Crippen LogP contribution < -0.4 is 10.9 Å². The zero-order chi connectivity index (χ0) is 21.3. The highest BCUT2D eigenvalue weighted by Gasteiger charge is 2.51. The number of H-pyrrole nitrogens is 1. The predicted molar refractivity (Wildman–Crippen MR) is 117 cm³/mol. The third-order valence-corrected chi connectivity index (χ3v) is 6.25. The van der Waals surface area contributed by atoms with Crippen LogP contribution in [0.25, 0.3) is 28.1 Å². The Morgan fingerprint density at radius 3 is 2.47 bits per heavy atom. The van der Waals surface area contributed by atoms with E-state index in [9.17, 15) is 4.79 Å². The van der Waals surface area contributed by atoms with Crippen molar-refractivity contribution in [2.75, 3.05) is 0 Å². The highest BCUT2D eigenvalue weighted by atomic mass is 16.7. The molecule has 1 N–H and O–H groups in total. The van der Waals surface area contributed by atoms with Crippen LogP contribution in [0.15, 0.2) is 47.4 Å². The molecule has 0 bridgehead atoms. The number of pyridine rings is 2. The number of hydrogen-bond donors (Lipinski definition) is 1. The third kappa shape index (κ3) is 2.79. The minimum atomic E-state index is -0.478. The molecule has 4 aromatic rings. The number of para-hydroxylation sites is 1. The SMILES string of the molecule is Cc1c(-c2nc3ccc(B4OC(C)(C)C(C)(C)O4)cn3n2)[nH]c2ccccc2c1=O. The molecule has 0 unspecified atom stereocenters. The maximum Gasteiger partial charge on any atom is 0.496 e. The fourth-order valence-corrected chi connectivity index (χ4v) is 3.68. The summed E-state index contributed by atoms with van der Waals surface area (Å²) in [6.45, 7) is 9.90. The molecule has 152 valence electrons. The Kier molecular flexibility index (Phi) is 3.97. The molecule has 7 nitrogen and oxygen atoms in total. The van der Waals surface area contributed by atoms with Crippen LogP contribution in [0.4, 0.5) is 0 Å². The van der Waals surface area contributed by atoms with Crippen molar-refractivity contribution in [1.82, 2.24) is 19.6 Å². The molecule has 8 heteroatoms. The summed E-state index contributed by atoms with van der Waals surface area (Å²) in [5.74, 6) is 0.474. The standard InChI is InChI=1S/C22H23BN4O3/c1-13-18(24-16-9-7-6-8-15(16)19(13)28)20-25-17-11-10-14(12-27(17)26-20)23-29-21(2,3)22(4,5)30-23/h6-12H,1-5H3,(H,24,28). The second-order valence-corrected chi connectivity index (χ2v) is 8.79. The Balaban J connectivity index is 1.58. The van der Waals surface area contributed by atoms with E-state index in [1.165, 1.54) is 0 Å². The van der Waals surface area contributed by atoms with Gasteiger partial charge in [0.25, 0.3) is 0 Å². The van der Waals surface area contributed by atoms with Crippen LogP contribution in [0.5, 0.6) is 0 Å². The van der Waals surface area contributed by atoms with Gasteiger partial charge in [-0.2, -0.15) is 0 Å². The second-order valence-electron chi connectivity index (χ2n) is 8.79. The topological polar surface area (TPSA) is 81.5 Å². The minimum absolute atomic E-state index is 0.0175. The van der Waals surface area contributed by atoms with Gasteiger partial charge in [0.2, 0.25) is 0 Å². The average molecular weight is 402 g/mol. The fourth-order valence-electron chi connectivity index (χ4n) is 3.68. The number of nitrogens with one attached hydrogen (secondary N) is 1. The summed E-state index contributed by atoms with van der Waals surface area (Å²) < 4.78 is 14.0. The van der Waals surface area contributed by atoms with Crippen molar-refractivity contribution in [3.8, 4) is 11.5 Å². The Morgan fingerprint density at radius 1 is 1.03 bits per heavy atom. The lowest BCUT2D eigenvalue weighted by molar-refractivity contribution is 0.00578. The van der Waals surface area contributed by atoms with E-state index in [2.05, 4.69) is 15.1 Å². The number of fused-ring (bicyclic) bond motifs is 2. The Morgan fingerprint density at radius 2 is 1.73 bits per heavy atom. The summed E-state index contributed by atoms with van der Waals surface area (Å²) in [6, 6.07) is 11.3. The molecule has 30 heavy (non-hydrogen) atoms. The smallest absolute Gasteiger partial charge is 0.399 e. The van der Waals surface area contributed by atoms with Crippen molar-refractivity contribution in [2.24, 2.45) is 0 Å². The van der Waals surface area contributed by atoms with Crippen molar-refractivity contribution in [1.29, 1.82) is 0 Å². The minimum Gasteiger partial charge on any atom is -0.399 e. The van der Waals surface area contributed by atoms with Crippen LogP contribution in [0, 0.1) is 6.92 Å². The summed E-state index contributed by atoms with van der Waals surface area (Å²) in [4.78, 5) is 20.7. The van der Waals surface area contributed by atoms with Crippen LogP contribution >= 0.6 is 0 Å². The van der Waals surface area contributed by atoms with Crippen LogP contribution in [0.2, 0.25) is 0 Å². The summed E-state index contributed by atoms with van der Waals surface area (Å²) in [7, 11) is -0.478. The highest BCUT2D eigenvalue weighted by molar-refractivity contribution is 6.62. The van der Waals surface area contributed by atoms with Crippen LogP contribution in [-0.2, 0) is 9.31 Å². The van der Waals surface area contributed by atoms with Crippen molar-refractivity contribution < 1.29 is 9.31 Å². The second kappa shape index (κ2) is 6.26. The van der Waals surface area contributed by atoms with Crippen molar-refractivity contribution in [2.45, 2.75) is 45.8 Å². The first-order chi connectivity index (χ1) is 14.2. The van der Waals surface area contributed by atoms with E-state index in [0.717, 1.165) is 11.0 Å². The van der Waals surface area contributed by atoms with Gasteiger partial charge in [-0.15, -0.1) is 5.10 Å². The van der Waals surface area contributed by atoms with E-state index < -0.39 is 18.3 Å². The molecule has 1 fully saturated rings. The van der Waals surface area contributed by atoms with E-state index in [4.69, 9.17) is 9.31 Å². The van der Waals surface area contributed by atoms with Crippen molar-refractivity contribution in [3.63, 3.8) is 0 Å². The number of aromatic nitrogens is 4. The molecular weight excluding hydrogens is 379 g/mol. The lowest BCUT2D eigenvalue weighted by Crippen LogP contribution is -2.41. The Bertz CT molecular complexity index is 1340. The van der Waals surface area contributed by atoms with E-state index in [0.29, 0.717) is 28.1 Å². The molecule has 1 aliphatic heterocycles. The molecule has 3 aromatic heterocycles. The molecule has 1 saturated heterocycles. The van der Waals surface area contributed by atoms with E-state index in [1.807, 2.05) is 70.3 Å². The predicted octanol–water partition coefficient (Wildman–Crippen LogP) is 2.85. The first kappa shape index (κ1) is 19.0. The highest BCUT2D eigenvalue weighted by Crippen LogP contribution is 2.36. The molecule has 1 aromatic carbocycles. The van der Waals surface area contributed by atoms with Gasteiger partial charge in [-0.3, -0.25) is 4.79 Å². The molecule has 5 rings (SSSR count). The number of nitrogens with zero attached hydrogens (tertiary/aromatic N) is 3. The molecular formula is C22H23BN4O3. The number of benzene rings is 1. The van der Waals surface area contributed by atoms with Gasteiger partial charge >= 0.3 is 7.12 Å². The molecule has 0 atom stereocenters. The van der Waals surface area contributed by atoms with Gasteiger partial charge in [0.1, 0.15) is 0 Å². The quantitative estimate of drug-likeness (QED) is 0.522. The average Bonchev–Trinajstić information content (AvgIpc) is 3.21. The Hall–Kier alpha value is -2.97. The molecule has 0 amide bonds. The van der Waals surface area contributed by atoms with Gasteiger partial charge < -0.3 is 14.3 Å². The zero-order valence-corrected chi connectivity index (χ0v) is 17.7. The van der Waals surface area contributed by atoms with Crippen LogP contribution in [0.3, 0.4) is 0 Å². The molecule has 0 spiro atoms. The monoisotopic (exact) mass is 402 g/mol. The van der Waals surface area contributed by atoms with Crippen LogP contribution in [0.1, 0.15) is 33.3 Å². The van der Waals surface area contributed by atoms with Gasteiger partial charge in [-0.25, -0.2) is 9.50 Å². The fraction of sp³-hybridized carbons (Fsp3) is 0.318. The van der Waals surface area contributed by atoms with Crippen molar-refractivity contribution in [3.05, 3.63) is 58.4 Å². The third-order valence-electron chi connectivity index (χ3n) is 6.25. The molecule has 4 heterocycles.